The van der Waals surface area contributed by atoms with E-state index in [1.807, 2.05) is 0 Å². The highest BCUT2D eigenvalue weighted by atomic mass is 19.4. The quantitative estimate of drug-likeness (QED) is 0.195. The first kappa shape index (κ1) is 27.9. The maximum absolute atomic E-state index is 14.9. The van der Waals surface area contributed by atoms with Crippen molar-refractivity contribution < 1.29 is 45.5 Å². The highest BCUT2D eigenvalue weighted by Crippen LogP contribution is 2.57. The molecule has 0 radical (unpaired) electrons. The maximum atomic E-state index is 14.9. The minimum Gasteiger partial charge on any atom is -0.268 e. The monoisotopic (exact) mass is 594 g/mol. The Hall–Kier alpha value is -5.26. The highest BCUT2D eigenvalue weighted by Gasteiger charge is 2.73. The Balaban J connectivity index is 1.53. The number of carbonyl (C=O) groups is 4. The van der Waals surface area contributed by atoms with Gasteiger partial charge in [-0.25, -0.2) is 9.80 Å². The van der Waals surface area contributed by atoms with Crippen LogP contribution in [-0.4, -0.2) is 36.0 Å². The number of alkyl halides is 6. The number of benzene rings is 4. The number of fused-ring (bicyclic) bond motifs is 2. The van der Waals surface area contributed by atoms with Crippen molar-refractivity contribution in [3.05, 3.63) is 130 Å². The summed E-state index contributed by atoms with van der Waals surface area (Å²) in [5.41, 5.74) is -9.39. The largest absolute Gasteiger partial charge is 0.411 e. The van der Waals surface area contributed by atoms with Crippen molar-refractivity contribution in [3.8, 4) is 0 Å². The molecule has 2 heterocycles. The van der Waals surface area contributed by atoms with E-state index in [1.165, 1.54) is 48.5 Å². The Morgan fingerprint density at radius 2 is 0.744 bits per heavy atom. The number of halogens is 6. The van der Waals surface area contributed by atoms with Crippen LogP contribution in [0.4, 0.5) is 37.7 Å². The lowest BCUT2D eigenvalue weighted by atomic mass is 9.71. The number of carbonyl (C=O) groups excluding carboxylic acids is 4. The lowest BCUT2D eigenvalue weighted by molar-refractivity contribution is -0.288. The maximum Gasteiger partial charge on any atom is 0.411 e. The highest BCUT2D eigenvalue weighted by molar-refractivity contribution is 6.35. The van der Waals surface area contributed by atoms with Gasteiger partial charge in [-0.15, -0.1) is 0 Å². The number of amides is 4. The van der Waals surface area contributed by atoms with E-state index in [0.29, 0.717) is 34.1 Å². The van der Waals surface area contributed by atoms with E-state index in [1.54, 1.807) is 12.1 Å². The lowest BCUT2D eigenvalue weighted by Crippen LogP contribution is -2.55. The summed E-state index contributed by atoms with van der Waals surface area (Å²) in [4.78, 5) is 53.6. The van der Waals surface area contributed by atoms with Crippen molar-refractivity contribution in [1.29, 1.82) is 0 Å². The predicted octanol–water partition coefficient (Wildman–Crippen LogP) is 6.70. The summed E-state index contributed by atoms with van der Waals surface area (Å²) in [5.74, 6) is -4.02. The van der Waals surface area contributed by atoms with Crippen LogP contribution >= 0.6 is 0 Å². The van der Waals surface area contributed by atoms with Crippen LogP contribution in [0.15, 0.2) is 97.1 Å². The third-order valence-electron chi connectivity index (χ3n) is 7.52. The van der Waals surface area contributed by atoms with E-state index in [0.717, 1.165) is 12.1 Å². The minimum atomic E-state index is -6.05. The molecule has 0 fully saturated rings. The first-order valence-corrected chi connectivity index (χ1v) is 12.6. The van der Waals surface area contributed by atoms with Crippen LogP contribution in [0.3, 0.4) is 0 Å². The van der Waals surface area contributed by atoms with Gasteiger partial charge >= 0.3 is 12.4 Å². The van der Waals surface area contributed by atoms with Gasteiger partial charge in [0.25, 0.3) is 23.6 Å². The van der Waals surface area contributed by atoms with E-state index >= 15 is 0 Å². The molecule has 12 heteroatoms. The Labute approximate surface area is 238 Å². The smallest absolute Gasteiger partial charge is 0.268 e. The summed E-state index contributed by atoms with van der Waals surface area (Å²) in [5, 5.41) is 0. The van der Waals surface area contributed by atoms with Gasteiger partial charge in [0.15, 0.2) is 0 Å². The topological polar surface area (TPSA) is 74.8 Å². The second-order valence-electron chi connectivity index (χ2n) is 9.83. The SMILES string of the molecule is O=C1c2ccc(C(c3ccc4c(c3)C(=O)N(c3ccccc3)C4=O)(C(F)(F)F)C(F)(F)F)cc2C(=O)N1c1ccccc1. The van der Waals surface area contributed by atoms with Crippen molar-refractivity contribution in [1.82, 2.24) is 0 Å². The van der Waals surface area contributed by atoms with Crippen molar-refractivity contribution in [2.75, 3.05) is 9.80 Å². The lowest BCUT2D eigenvalue weighted by Gasteiger charge is -2.38. The molecule has 0 bridgehead atoms. The molecule has 0 atom stereocenters. The van der Waals surface area contributed by atoms with Crippen LogP contribution < -0.4 is 9.80 Å². The Morgan fingerprint density at radius 1 is 0.419 bits per heavy atom. The van der Waals surface area contributed by atoms with Crippen LogP contribution in [0.5, 0.6) is 0 Å². The summed E-state index contributed by atoms with van der Waals surface area (Å²) in [7, 11) is 0. The number of nitrogens with zero attached hydrogens (tertiary/aromatic N) is 2. The van der Waals surface area contributed by atoms with Gasteiger partial charge in [0, 0.05) is 0 Å². The van der Waals surface area contributed by atoms with Crippen molar-refractivity contribution >= 4 is 35.0 Å². The van der Waals surface area contributed by atoms with Crippen LogP contribution in [0.25, 0.3) is 0 Å². The average Bonchev–Trinajstić information content (AvgIpc) is 3.36. The van der Waals surface area contributed by atoms with Crippen LogP contribution in [0.2, 0.25) is 0 Å². The average molecular weight is 594 g/mol. The van der Waals surface area contributed by atoms with Gasteiger partial charge in [-0.05, 0) is 59.7 Å². The van der Waals surface area contributed by atoms with Gasteiger partial charge < -0.3 is 0 Å². The molecule has 216 valence electrons. The van der Waals surface area contributed by atoms with Gasteiger partial charge in [-0.2, -0.15) is 26.3 Å². The standard InChI is InChI=1S/C31H16F6N2O4/c32-30(33,34)29(31(35,36)37,17-11-13-21-23(15-17)27(42)38(25(21)40)19-7-3-1-4-8-19)18-12-14-22-24(16-18)28(43)39(26(22)41)20-9-5-2-6-10-20/h1-16H. The zero-order valence-corrected chi connectivity index (χ0v) is 21.5. The summed E-state index contributed by atoms with van der Waals surface area (Å²) >= 11 is 0. The molecule has 0 unspecified atom stereocenters. The Bertz CT molecular complexity index is 1700. The molecule has 4 aromatic rings. The van der Waals surface area contributed by atoms with Crippen LogP contribution in [-0.2, 0) is 5.41 Å². The van der Waals surface area contributed by atoms with Crippen molar-refractivity contribution in [2.45, 2.75) is 17.8 Å². The first-order valence-electron chi connectivity index (χ1n) is 12.6. The zero-order chi connectivity index (χ0) is 30.9. The number of para-hydroxylation sites is 2. The second kappa shape index (κ2) is 9.38. The van der Waals surface area contributed by atoms with Crippen LogP contribution in [0, 0.1) is 0 Å². The molecule has 2 aliphatic rings. The van der Waals surface area contributed by atoms with Crippen molar-refractivity contribution in [3.63, 3.8) is 0 Å². The molecule has 43 heavy (non-hydrogen) atoms. The molecule has 6 rings (SSSR count). The Kier molecular flexibility index (Phi) is 6.08. The molecule has 0 aliphatic carbocycles. The number of imide groups is 2. The third kappa shape index (κ3) is 3.89. The molecule has 0 aromatic heterocycles. The molecular formula is C31H16F6N2O4. The predicted molar refractivity (Wildman–Crippen MR) is 141 cm³/mol. The van der Waals surface area contributed by atoms with E-state index < -0.39 is 63.7 Å². The number of anilines is 2. The van der Waals surface area contributed by atoms with E-state index in [4.69, 9.17) is 0 Å². The van der Waals surface area contributed by atoms with E-state index in [9.17, 15) is 45.5 Å². The number of rotatable bonds is 4. The number of hydrogen-bond donors (Lipinski definition) is 0. The molecule has 2 aliphatic heterocycles. The van der Waals surface area contributed by atoms with Crippen molar-refractivity contribution in [2.24, 2.45) is 0 Å². The molecule has 0 spiro atoms. The fourth-order valence-corrected chi connectivity index (χ4v) is 5.55. The van der Waals surface area contributed by atoms with Gasteiger partial charge in [-0.1, -0.05) is 48.5 Å². The van der Waals surface area contributed by atoms with E-state index in [-0.39, 0.29) is 22.5 Å². The second-order valence-corrected chi connectivity index (χ2v) is 9.83. The van der Waals surface area contributed by atoms with Gasteiger partial charge in [0.1, 0.15) is 0 Å². The molecular weight excluding hydrogens is 578 g/mol. The Morgan fingerprint density at radius 3 is 1.07 bits per heavy atom. The zero-order valence-electron chi connectivity index (χ0n) is 21.5. The van der Waals surface area contributed by atoms with Gasteiger partial charge in [-0.3, -0.25) is 19.2 Å². The van der Waals surface area contributed by atoms with Crippen LogP contribution in [0.1, 0.15) is 52.6 Å². The minimum absolute atomic E-state index is 0.0814. The summed E-state index contributed by atoms with van der Waals surface area (Å²) < 4.78 is 89.6. The summed E-state index contributed by atoms with van der Waals surface area (Å²) in [6.45, 7) is 0. The molecule has 6 nitrogen and oxygen atoms in total. The van der Waals surface area contributed by atoms with Gasteiger partial charge in [0.2, 0.25) is 5.41 Å². The summed E-state index contributed by atoms with van der Waals surface area (Å²) in [6, 6.07) is 18.1. The molecule has 4 aromatic carbocycles. The molecule has 4 amide bonds. The molecule has 0 saturated heterocycles. The number of hydrogen-bond acceptors (Lipinski definition) is 4. The van der Waals surface area contributed by atoms with E-state index in [2.05, 4.69) is 0 Å². The third-order valence-corrected chi connectivity index (χ3v) is 7.52. The first-order chi connectivity index (χ1) is 20.3. The fraction of sp³-hybridized carbons (Fsp3) is 0.0968. The van der Waals surface area contributed by atoms with Gasteiger partial charge in [0.05, 0.1) is 33.6 Å². The molecule has 0 saturated carbocycles. The summed E-state index contributed by atoms with van der Waals surface area (Å²) in [6.07, 6.45) is -12.1. The fourth-order valence-electron chi connectivity index (χ4n) is 5.55. The normalized spacial score (nSPS) is 15.3. The molecule has 0 N–H and O–H groups in total.